The van der Waals surface area contributed by atoms with Crippen molar-refractivity contribution in [3.8, 4) is 0 Å². The molecule has 0 atom stereocenters. The maximum Gasteiger partial charge on any atom is 0.308 e. The highest BCUT2D eigenvalue weighted by Gasteiger charge is 2.23. The second kappa shape index (κ2) is 7.78. The lowest BCUT2D eigenvalue weighted by Crippen LogP contribution is -2.26. The molecular weight excluding hydrogens is 290 g/mol. The predicted molar refractivity (Wildman–Crippen MR) is 73.0 cm³/mol. The Morgan fingerprint density at radius 2 is 2.10 bits per heavy atom. The van der Waals surface area contributed by atoms with Crippen LogP contribution < -0.4 is 5.32 Å². The van der Waals surface area contributed by atoms with Crippen molar-refractivity contribution in [2.75, 3.05) is 18.6 Å². The van der Waals surface area contributed by atoms with Crippen molar-refractivity contribution in [3.63, 3.8) is 0 Å². The van der Waals surface area contributed by atoms with Gasteiger partial charge in [-0.05, 0) is 30.9 Å². The zero-order valence-corrected chi connectivity index (χ0v) is 11.6. The number of amides is 1. The average molecular weight is 304 g/mol. The van der Waals surface area contributed by atoms with Crippen molar-refractivity contribution >= 4 is 23.4 Å². The normalized spacial score (nSPS) is 10.3. The predicted octanol–water partition coefficient (Wildman–Crippen LogP) is 2.75. The number of nitrogens with one attached hydrogen (secondary N) is 1. The molecule has 0 aliphatic rings. The van der Waals surface area contributed by atoms with Gasteiger partial charge in [-0.2, -0.15) is 16.2 Å². The fraction of sp³-hybridized carbons (Fsp3) is 0.417. The van der Waals surface area contributed by atoms with Crippen molar-refractivity contribution in [1.82, 2.24) is 5.32 Å². The van der Waals surface area contributed by atoms with Gasteiger partial charge >= 0.3 is 5.69 Å². The highest BCUT2D eigenvalue weighted by atomic mass is 32.2. The molecule has 0 unspecified atom stereocenters. The Hall–Kier alpha value is -1.70. The highest BCUT2D eigenvalue weighted by molar-refractivity contribution is 7.98. The molecule has 0 bridgehead atoms. The summed E-state index contributed by atoms with van der Waals surface area (Å²) in [5.41, 5.74) is -1.70. The molecule has 0 saturated heterocycles. The minimum atomic E-state index is -1.32. The van der Waals surface area contributed by atoms with Gasteiger partial charge in [0.15, 0.2) is 0 Å². The summed E-state index contributed by atoms with van der Waals surface area (Å²) in [6, 6.07) is 1.10. The minimum Gasteiger partial charge on any atom is -0.352 e. The van der Waals surface area contributed by atoms with Crippen LogP contribution in [0.3, 0.4) is 0 Å². The van der Waals surface area contributed by atoms with Crippen LogP contribution in [0.25, 0.3) is 0 Å². The van der Waals surface area contributed by atoms with Gasteiger partial charge in [-0.25, -0.2) is 4.39 Å². The Kier molecular flexibility index (Phi) is 6.37. The van der Waals surface area contributed by atoms with E-state index in [1.807, 2.05) is 6.26 Å². The molecule has 0 aromatic heterocycles. The Bertz CT molecular complexity index is 512. The van der Waals surface area contributed by atoms with E-state index in [0.717, 1.165) is 12.2 Å². The maximum atomic E-state index is 13.7. The van der Waals surface area contributed by atoms with Crippen molar-refractivity contribution < 1.29 is 18.5 Å². The summed E-state index contributed by atoms with van der Waals surface area (Å²) < 4.78 is 26.9. The third kappa shape index (κ3) is 4.44. The molecule has 0 aliphatic heterocycles. The largest absolute Gasteiger partial charge is 0.352 e. The minimum absolute atomic E-state index is 0.309. The van der Waals surface area contributed by atoms with Gasteiger partial charge in [0, 0.05) is 6.54 Å². The van der Waals surface area contributed by atoms with Crippen molar-refractivity contribution in [2.24, 2.45) is 0 Å². The van der Waals surface area contributed by atoms with Crippen LogP contribution in [0.15, 0.2) is 12.1 Å². The van der Waals surface area contributed by atoms with E-state index >= 15 is 0 Å². The van der Waals surface area contributed by atoms with Crippen LogP contribution in [0, 0.1) is 21.7 Å². The summed E-state index contributed by atoms with van der Waals surface area (Å²) in [6.45, 7) is 0.309. The van der Waals surface area contributed by atoms with Gasteiger partial charge in [-0.15, -0.1) is 0 Å². The van der Waals surface area contributed by atoms with Gasteiger partial charge in [-0.3, -0.25) is 14.9 Å². The first-order valence-electron chi connectivity index (χ1n) is 5.88. The topological polar surface area (TPSA) is 72.2 Å². The summed E-state index contributed by atoms with van der Waals surface area (Å²) >= 11 is 1.67. The smallest absolute Gasteiger partial charge is 0.308 e. The summed E-state index contributed by atoms with van der Waals surface area (Å²) in [7, 11) is 0. The summed E-state index contributed by atoms with van der Waals surface area (Å²) in [5.74, 6) is -2.26. The highest BCUT2D eigenvalue weighted by Crippen LogP contribution is 2.22. The standard InChI is InChI=1S/C12H14F2N2O3S/c1-20-5-3-2-4-15-12(17)9-6-8(13)7-10(11(9)14)16(18)19/h6-7H,2-5H2,1H3,(H,15,17). The van der Waals surface area contributed by atoms with Gasteiger partial charge in [0.05, 0.1) is 16.6 Å². The van der Waals surface area contributed by atoms with Crippen LogP contribution in [-0.4, -0.2) is 29.4 Å². The van der Waals surface area contributed by atoms with Crippen LogP contribution >= 0.6 is 11.8 Å². The number of unbranched alkanes of at least 4 members (excludes halogenated alkanes) is 1. The van der Waals surface area contributed by atoms with Crippen LogP contribution in [0.4, 0.5) is 14.5 Å². The van der Waals surface area contributed by atoms with Gasteiger partial charge in [0.25, 0.3) is 5.91 Å². The van der Waals surface area contributed by atoms with E-state index in [1.165, 1.54) is 0 Å². The fourth-order valence-corrected chi connectivity index (χ4v) is 2.03. The van der Waals surface area contributed by atoms with E-state index in [2.05, 4.69) is 5.32 Å². The maximum absolute atomic E-state index is 13.7. The van der Waals surface area contributed by atoms with Gasteiger partial charge in [0.1, 0.15) is 5.82 Å². The number of carbonyl (C=O) groups excluding carboxylic acids is 1. The van der Waals surface area contributed by atoms with E-state index in [4.69, 9.17) is 0 Å². The zero-order valence-electron chi connectivity index (χ0n) is 10.8. The van der Waals surface area contributed by atoms with Crippen LogP contribution in [0.5, 0.6) is 0 Å². The summed E-state index contributed by atoms with van der Waals surface area (Å²) in [4.78, 5) is 21.2. The van der Waals surface area contributed by atoms with E-state index in [-0.39, 0.29) is 0 Å². The average Bonchev–Trinajstić information content (AvgIpc) is 2.40. The van der Waals surface area contributed by atoms with Gasteiger partial charge in [-0.1, -0.05) is 0 Å². The number of thioether (sulfide) groups is 1. The molecule has 0 heterocycles. The number of hydrogen-bond acceptors (Lipinski definition) is 4. The van der Waals surface area contributed by atoms with E-state index in [0.29, 0.717) is 25.1 Å². The number of nitrogens with zero attached hydrogens (tertiary/aromatic N) is 1. The Labute approximate surface area is 118 Å². The Balaban J connectivity index is 2.75. The second-order valence-electron chi connectivity index (χ2n) is 4.00. The first-order chi connectivity index (χ1) is 9.47. The first-order valence-corrected chi connectivity index (χ1v) is 7.27. The fourth-order valence-electron chi connectivity index (χ4n) is 1.54. The molecule has 1 amide bonds. The lowest BCUT2D eigenvalue weighted by atomic mass is 10.1. The number of rotatable bonds is 7. The Morgan fingerprint density at radius 3 is 2.70 bits per heavy atom. The SMILES string of the molecule is CSCCCCNC(=O)c1cc(F)cc([N+](=O)[O-])c1F. The second-order valence-corrected chi connectivity index (χ2v) is 4.98. The number of hydrogen-bond donors (Lipinski definition) is 1. The third-order valence-corrected chi connectivity index (χ3v) is 3.22. The molecule has 1 rings (SSSR count). The molecule has 5 nitrogen and oxygen atoms in total. The van der Waals surface area contributed by atoms with Crippen LogP contribution in [0.1, 0.15) is 23.2 Å². The Morgan fingerprint density at radius 1 is 1.40 bits per heavy atom. The van der Waals surface area contributed by atoms with E-state index < -0.39 is 33.7 Å². The zero-order chi connectivity index (χ0) is 15.1. The van der Waals surface area contributed by atoms with E-state index in [1.54, 1.807) is 11.8 Å². The van der Waals surface area contributed by atoms with Crippen molar-refractivity contribution in [3.05, 3.63) is 39.4 Å². The lowest BCUT2D eigenvalue weighted by molar-refractivity contribution is -0.387. The quantitative estimate of drug-likeness (QED) is 0.477. The van der Waals surface area contributed by atoms with Crippen molar-refractivity contribution in [1.29, 1.82) is 0 Å². The van der Waals surface area contributed by atoms with Gasteiger partial charge in [0.2, 0.25) is 5.82 Å². The molecule has 1 aromatic carbocycles. The number of nitro groups is 1. The van der Waals surface area contributed by atoms with Gasteiger partial charge < -0.3 is 5.32 Å². The van der Waals surface area contributed by atoms with E-state index in [9.17, 15) is 23.7 Å². The molecule has 0 fully saturated rings. The third-order valence-electron chi connectivity index (χ3n) is 2.52. The monoisotopic (exact) mass is 304 g/mol. The molecule has 20 heavy (non-hydrogen) atoms. The van der Waals surface area contributed by atoms with Crippen LogP contribution in [0.2, 0.25) is 0 Å². The number of nitro benzene ring substituents is 1. The number of carbonyl (C=O) groups is 1. The first kappa shape index (κ1) is 16.4. The number of halogens is 2. The molecule has 1 aromatic rings. The molecule has 8 heteroatoms. The molecule has 0 aliphatic carbocycles. The molecule has 0 saturated carbocycles. The van der Waals surface area contributed by atoms with Crippen molar-refractivity contribution in [2.45, 2.75) is 12.8 Å². The summed E-state index contributed by atoms with van der Waals surface area (Å²) in [5, 5.41) is 13.0. The molecule has 0 spiro atoms. The van der Waals surface area contributed by atoms with Crippen LogP contribution in [-0.2, 0) is 0 Å². The molecular formula is C12H14F2N2O3S. The number of benzene rings is 1. The summed E-state index contributed by atoms with van der Waals surface area (Å²) in [6.07, 6.45) is 3.54. The molecule has 0 radical (unpaired) electrons. The molecule has 1 N–H and O–H groups in total. The lowest BCUT2D eigenvalue weighted by Gasteiger charge is -2.06. The molecule has 110 valence electrons.